The third-order valence-corrected chi connectivity index (χ3v) is 7.04. The van der Waals surface area contributed by atoms with E-state index in [9.17, 15) is 13.2 Å². The van der Waals surface area contributed by atoms with Crippen molar-refractivity contribution in [2.24, 2.45) is 0 Å². The molecule has 0 spiro atoms. The number of amides is 1. The van der Waals surface area contributed by atoms with Crippen molar-refractivity contribution in [1.29, 1.82) is 0 Å². The molecule has 1 N–H and O–H groups in total. The van der Waals surface area contributed by atoms with Gasteiger partial charge in [-0.1, -0.05) is 35.4 Å². The zero-order valence-corrected chi connectivity index (χ0v) is 18.6. The number of anilines is 2. The Kier molecular flexibility index (Phi) is 5.64. The van der Waals surface area contributed by atoms with Gasteiger partial charge in [-0.3, -0.25) is 9.10 Å². The van der Waals surface area contributed by atoms with Gasteiger partial charge in [-0.2, -0.15) is 0 Å². The van der Waals surface area contributed by atoms with Crippen LogP contribution in [0.25, 0.3) is 0 Å². The number of rotatable bonds is 4. The minimum atomic E-state index is -3.90. The van der Waals surface area contributed by atoms with Crippen LogP contribution in [0.1, 0.15) is 11.1 Å². The average Bonchev–Trinajstić information content (AvgIpc) is 2.74. The van der Waals surface area contributed by atoms with E-state index in [1.54, 1.807) is 60.7 Å². The maximum absolute atomic E-state index is 13.5. The second-order valence-corrected chi connectivity index (χ2v) is 9.72. The zero-order valence-electron chi connectivity index (χ0n) is 17.0. The number of fused-ring (bicyclic) bond motifs is 1. The third-order valence-electron chi connectivity index (χ3n) is 5.00. The summed E-state index contributed by atoms with van der Waals surface area (Å²) in [5, 5.41) is 3.30. The fourth-order valence-electron chi connectivity index (χ4n) is 3.32. The van der Waals surface area contributed by atoms with E-state index in [1.165, 1.54) is 4.31 Å². The molecule has 0 fully saturated rings. The molecule has 1 heterocycles. The van der Waals surface area contributed by atoms with Crippen LogP contribution in [0, 0.1) is 13.8 Å². The highest BCUT2D eigenvalue weighted by Crippen LogP contribution is 2.38. The molecule has 1 amide bonds. The van der Waals surface area contributed by atoms with Crippen LogP contribution in [0.5, 0.6) is 5.75 Å². The van der Waals surface area contributed by atoms with Crippen LogP contribution >= 0.6 is 11.6 Å². The summed E-state index contributed by atoms with van der Waals surface area (Å²) in [7, 11) is -3.90. The number of nitrogens with zero attached hydrogens (tertiary/aromatic N) is 1. The summed E-state index contributed by atoms with van der Waals surface area (Å²) >= 11 is 5.89. The van der Waals surface area contributed by atoms with Crippen molar-refractivity contribution < 1.29 is 17.9 Å². The SMILES string of the molecule is Cc1ccc(S(=O)(=O)N2C[C@@H](C(=O)Nc3ccc(Cl)cc3)Oc3ccc(C)cc32)cc1. The quantitative estimate of drug-likeness (QED) is 0.624. The number of carbonyl (C=O) groups excluding carboxylic acids is 1. The molecule has 1 aliphatic heterocycles. The molecule has 0 aliphatic carbocycles. The highest BCUT2D eigenvalue weighted by atomic mass is 35.5. The molecular weight excluding hydrogens is 436 g/mol. The van der Waals surface area contributed by atoms with E-state index >= 15 is 0 Å². The first-order chi connectivity index (χ1) is 14.7. The van der Waals surface area contributed by atoms with Gasteiger partial charge in [0.25, 0.3) is 15.9 Å². The highest BCUT2D eigenvalue weighted by molar-refractivity contribution is 7.92. The van der Waals surface area contributed by atoms with Gasteiger partial charge in [-0.25, -0.2) is 8.42 Å². The summed E-state index contributed by atoms with van der Waals surface area (Å²) in [4.78, 5) is 13.0. The topological polar surface area (TPSA) is 75.7 Å². The van der Waals surface area contributed by atoms with Gasteiger partial charge >= 0.3 is 0 Å². The molecule has 3 aromatic rings. The van der Waals surface area contributed by atoms with E-state index in [0.717, 1.165) is 11.1 Å². The third kappa shape index (κ3) is 4.38. The van der Waals surface area contributed by atoms with E-state index < -0.39 is 22.0 Å². The molecule has 0 saturated carbocycles. The molecule has 6 nitrogen and oxygen atoms in total. The molecule has 1 aliphatic rings. The zero-order chi connectivity index (χ0) is 22.2. The first-order valence-corrected chi connectivity index (χ1v) is 11.5. The lowest BCUT2D eigenvalue weighted by Crippen LogP contribution is -2.48. The lowest BCUT2D eigenvalue weighted by molar-refractivity contribution is -0.122. The fraction of sp³-hybridized carbons (Fsp3) is 0.174. The lowest BCUT2D eigenvalue weighted by atomic mass is 10.1. The smallest absolute Gasteiger partial charge is 0.267 e. The van der Waals surface area contributed by atoms with Gasteiger partial charge in [0.05, 0.1) is 17.1 Å². The van der Waals surface area contributed by atoms with Gasteiger partial charge in [-0.15, -0.1) is 0 Å². The molecule has 31 heavy (non-hydrogen) atoms. The number of benzene rings is 3. The average molecular weight is 457 g/mol. The maximum atomic E-state index is 13.5. The van der Waals surface area contributed by atoms with Crippen molar-refractivity contribution in [2.75, 3.05) is 16.2 Å². The van der Waals surface area contributed by atoms with Crippen LogP contribution in [0.4, 0.5) is 11.4 Å². The first kappa shape index (κ1) is 21.2. The number of nitrogens with one attached hydrogen (secondary N) is 1. The normalized spacial score (nSPS) is 15.7. The number of halogens is 1. The maximum Gasteiger partial charge on any atom is 0.267 e. The lowest BCUT2D eigenvalue weighted by Gasteiger charge is -2.35. The second kappa shape index (κ2) is 8.24. The first-order valence-electron chi connectivity index (χ1n) is 9.67. The molecule has 1 atom stereocenters. The van der Waals surface area contributed by atoms with Crippen LogP contribution in [0.15, 0.2) is 71.6 Å². The van der Waals surface area contributed by atoms with Gasteiger partial charge in [0.1, 0.15) is 5.75 Å². The van der Waals surface area contributed by atoms with E-state index in [-0.39, 0.29) is 11.4 Å². The Morgan fingerprint density at radius 3 is 2.32 bits per heavy atom. The fourth-order valence-corrected chi connectivity index (χ4v) is 4.91. The Balaban J connectivity index is 1.69. The van der Waals surface area contributed by atoms with Gasteiger partial charge in [0.2, 0.25) is 0 Å². The van der Waals surface area contributed by atoms with Crippen molar-refractivity contribution in [3.63, 3.8) is 0 Å². The molecular formula is C23H21ClN2O4S. The number of carbonyl (C=O) groups is 1. The Bertz CT molecular complexity index is 1230. The standard InChI is InChI=1S/C23H21ClN2O4S/c1-15-3-10-19(11-4-15)31(28,29)26-14-22(30-21-12-5-16(2)13-20(21)26)23(27)25-18-8-6-17(24)7-9-18/h3-13,22H,14H2,1-2H3,(H,25,27)/t22-/m0/s1. The van der Waals surface area contributed by atoms with Crippen molar-refractivity contribution >= 4 is 38.9 Å². The molecule has 0 unspecified atom stereocenters. The molecule has 3 aromatic carbocycles. The Hall–Kier alpha value is -3.03. The van der Waals surface area contributed by atoms with Gasteiger partial charge in [0, 0.05) is 10.7 Å². The number of hydrogen-bond acceptors (Lipinski definition) is 4. The Morgan fingerprint density at radius 2 is 1.65 bits per heavy atom. The minimum Gasteiger partial charge on any atom is -0.476 e. The van der Waals surface area contributed by atoms with Gasteiger partial charge in [-0.05, 0) is 67.9 Å². The molecule has 160 valence electrons. The van der Waals surface area contributed by atoms with Crippen LogP contribution in [0.2, 0.25) is 5.02 Å². The van der Waals surface area contributed by atoms with Crippen LogP contribution in [0.3, 0.4) is 0 Å². The second-order valence-electron chi connectivity index (χ2n) is 7.42. The van der Waals surface area contributed by atoms with Crippen LogP contribution in [-0.4, -0.2) is 27.0 Å². The molecule has 0 aromatic heterocycles. The number of aryl methyl sites for hydroxylation is 2. The summed E-state index contributed by atoms with van der Waals surface area (Å²) < 4.78 is 34.0. The van der Waals surface area contributed by atoms with Gasteiger partial charge < -0.3 is 10.1 Å². The molecule has 4 rings (SSSR count). The number of ether oxygens (including phenoxy) is 1. The van der Waals surface area contributed by atoms with Crippen molar-refractivity contribution in [3.8, 4) is 5.75 Å². The molecule has 0 radical (unpaired) electrons. The summed E-state index contributed by atoms with van der Waals surface area (Å²) in [6, 6.07) is 18.5. The number of hydrogen-bond donors (Lipinski definition) is 1. The summed E-state index contributed by atoms with van der Waals surface area (Å²) in [6.45, 7) is 3.61. The predicted molar refractivity (Wildman–Crippen MR) is 121 cm³/mol. The minimum absolute atomic E-state index is 0.147. The van der Waals surface area contributed by atoms with Crippen molar-refractivity contribution in [3.05, 3.63) is 82.9 Å². The van der Waals surface area contributed by atoms with E-state index in [2.05, 4.69) is 5.32 Å². The summed E-state index contributed by atoms with van der Waals surface area (Å²) in [6.07, 6.45) is -1.02. The number of sulfonamides is 1. The molecule has 0 saturated heterocycles. The van der Waals surface area contributed by atoms with Crippen molar-refractivity contribution in [1.82, 2.24) is 0 Å². The van der Waals surface area contributed by atoms with E-state index in [1.807, 2.05) is 19.9 Å². The van der Waals surface area contributed by atoms with E-state index in [0.29, 0.717) is 22.1 Å². The Labute approximate surface area is 186 Å². The Morgan fingerprint density at radius 1 is 1.00 bits per heavy atom. The van der Waals surface area contributed by atoms with Crippen LogP contribution < -0.4 is 14.4 Å². The van der Waals surface area contributed by atoms with Crippen LogP contribution in [-0.2, 0) is 14.8 Å². The van der Waals surface area contributed by atoms with Gasteiger partial charge in [0.15, 0.2) is 6.10 Å². The molecule has 8 heteroatoms. The predicted octanol–water partition coefficient (Wildman–Crippen LogP) is 4.55. The summed E-state index contributed by atoms with van der Waals surface area (Å²) in [5.41, 5.74) is 2.80. The van der Waals surface area contributed by atoms with Crippen molar-refractivity contribution in [2.45, 2.75) is 24.8 Å². The monoisotopic (exact) mass is 456 g/mol. The largest absolute Gasteiger partial charge is 0.476 e. The highest BCUT2D eigenvalue weighted by Gasteiger charge is 2.37. The molecule has 0 bridgehead atoms. The van der Waals surface area contributed by atoms with E-state index in [4.69, 9.17) is 16.3 Å². The summed E-state index contributed by atoms with van der Waals surface area (Å²) in [5.74, 6) is -0.110.